The zero-order chi connectivity index (χ0) is 33.4. The third-order valence-electron chi connectivity index (χ3n) is 2.90. The average molecular weight is 708 g/mol. The summed E-state index contributed by atoms with van der Waals surface area (Å²) in [6, 6.07) is 0. The number of carbonyl (C=O) groups excluding carboxylic acids is 8. The molecule has 0 bridgehead atoms. The van der Waals surface area contributed by atoms with Gasteiger partial charge in [0.2, 0.25) is 23.1 Å². The summed E-state index contributed by atoms with van der Waals surface area (Å²) < 4.78 is 136. The zero-order valence-electron chi connectivity index (χ0n) is 21.1. The Labute approximate surface area is 241 Å². The second kappa shape index (κ2) is 20.3. The summed E-state index contributed by atoms with van der Waals surface area (Å²) in [6.45, 7) is 3.74. The second-order valence-corrected chi connectivity index (χ2v) is 7.20. The van der Waals surface area contributed by atoms with Crippen molar-refractivity contribution in [1.82, 2.24) is 0 Å². The molecule has 0 N–H and O–H groups in total. The molecule has 21 heteroatoms. The van der Waals surface area contributed by atoms with E-state index in [-0.39, 0.29) is 26.2 Å². The van der Waals surface area contributed by atoms with E-state index in [0.717, 1.165) is 27.7 Å². The van der Waals surface area contributed by atoms with Gasteiger partial charge in [0, 0.05) is 26.2 Å². The van der Waals surface area contributed by atoms with Crippen LogP contribution in [0, 0.1) is 0 Å². The first-order valence-corrected chi connectivity index (χ1v) is 9.73. The molecular weight excluding hydrogens is 687 g/mol. The zero-order valence-corrected chi connectivity index (χ0v) is 23.6. The monoisotopic (exact) mass is 706 g/mol. The molecule has 0 atom stereocenters. The van der Waals surface area contributed by atoms with E-state index in [1.54, 1.807) is 0 Å². The van der Waals surface area contributed by atoms with E-state index in [2.05, 4.69) is 0 Å². The SMILES string of the molecule is CC(=O)CC(=O)C(F)(F)F.CC(=O)CC(=O)C(F)(F)F.CC(=O)CC(=O)C(F)(F)F.CC(=O)CC(=O)C(F)(F)F.[Zr]. The first kappa shape index (κ1) is 48.2. The molecule has 0 fully saturated rings. The predicted molar refractivity (Wildman–Crippen MR) is 105 cm³/mol. The van der Waals surface area contributed by atoms with E-state index < -0.39 is 96.7 Å². The van der Waals surface area contributed by atoms with Crippen LogP contribution >= 0.6 is 0 Å². The maximum absolute atomic E-state index is 11.3. The van der Waals surface area contributed by atoms with Crippen molar-refractivity contribution in [1.29, 1.82) is 0 Å². The number of hydrogen-bond acceptors (Lipinski definition) is 8. The van der Waals surface area contributed by atoms with Crippen molar-refractivity contribution in [3.8, 4) is 0 Å². The van der Waals surface area contributed by atoms with E-state index in [4.69, 9.17) is 0 Å². The summed E-state index contributed by atoms with van der Waals surface area (Å²) >= 11 is 0. The number of halogens is 12. The Morgan fingerprint density at radius 2 is 0.439 bits per heavy atom. The van der Waals surface area contributed by atoms with Gasteiger partial charge in [-0.3, -0.25) is 38.4 Å². The Hall–Kier alpha value is -2.60. The first-order chi connectivity index (χ1) is 17.3. The molecule has 0 aromatic carbocycles. The fourth-order valence-corrected chi connectivity index (χ4v) is 1.31. The molecule has 0 aliphatic heterocycles. The Kier molecular flexibility index (Phi) is 23.9. The molecule has 0 heterocycles. The number of hydrogen-bond donors (Lipinski definition) is 0. The fourth-order valence-electron chi connectivity index (χ4n) is 1.31. The number of Topliss-reactive ketones (excluding diaryl/α,β-unsaturated/α-hetero) is 8. The Bertz CT molecular complexity index is 794. The van der Waals surface area contributed by atoms with Crippen LogP contribution in [-0.4, -0.2) is 71.0 Å². The molecule has 0 aliphatic rings. The molecule has 0 spiro atoms. The summed E-state index contributed by atoms with van der Waals surface area (Å²) in [5, 5.41) is 0. The van der Waals surface area contributed by atoms with Gasteiger partial charge in [-0.1, -0.05) is 0 Å². The van der Waals surface area contributed by atoms with Crippen molar-refractivity contribution in [3.05, 3.63) is 0 Å². The van der Waals surface area contributed by atoms with Gasteiger partial charge in [0.15, 0.2) is 0 Å². The van der Waals surface area contributed by atoms with E-state index in [9.17, 15) is 91.0 Å². The maximum atomic E-state index is 11.3. The number of alkyl halides is 12. The maximum Gasteiger partial charge on any atom is 0.450 e. The van der Waals surface area contributed by atoms with Crippen LogP contribution in [0.4, 0.5) is 52.7 Å². The van der Waals surface area contributed by atoms with Gasteiger partial charge in [-0.2, -0.15) is 52.7 Å². The molecule has 236 valence electrons. The molecular formula is C20H20F12O8Zr. The standard InChI is InChI=1S/4C5H5F3O2.Zr/c4*1-3(9)2-4(10)5(6,7)8;/h4*2H2,1H3;. The van der Waals surface area contributed by atoms with Gasteiger partial charge in [0.1, 0.15) is 23.1 Å². The summed E-state index contributed by atoms with van der Waals surface area (Å²) in [4.78, 5) is 79.6. The smallest absolute Gasteiger partial charge is 0.300 e. The summed E-state index contributed by atoms with van der Waals surface area (Å²) in [5.41, 5.74) is 0. The van der Waals surface area contributed by atoms with Crippen LogP contribution in [0.15, 0.2) is 0 Å². The molecule has 0 unspecified atom stereocenters. The van der Waals surface area contributed by atoms with Crippen LogP contribution in [0.3, 0.4) is 0 Å². The largest absolute Gasteiger partial charge is 0.450 e. The molecule has 0 rings (SSSR count). The molecule has 41 heavy (non-hydrogen) atoms. The Morgan fingerprint density at radius 3 is 0.463 bits per heavy atom. The van der Waals surface area contributed by atoms with Gasteiger partial charge < -0.3 is 0 Å². The summed E-state index contributed by atoms with van der Waals surface area (Å²) in [5.74, 6) is -11.0. The van der Waals surface area contributed by atoms with E-state index in [1.165, 1.54) is 0 Å². The van der Waals surface area contributed by atoms with Crippen molar-refractivity contribution in [2.75, 3.05) is 0 Å². The van der Waals surface area contributed by atoms with Crippen molar-refractivity contribution < 1.29 is 117 Å². The summed E-state index contributed by atoms with van der Waals surface area (Å²) in [7, 11) is 0. The molecule has 8 nitrogen and oxygen atoms in total. The fraction of sp³-hybridized carbons (Fsp3) is 0.600. The van der Waals surface area contributed by atoms with Crippen LogP contribution in [-0.2, 0) is 64.6 Å². The number of rotatable bonds is 8. The molecule has 0 aromatic heterocycles. The van der Waals surface area contributed by atoms with Crippen LogP contribution in [0.2, 0.25) is 0 Å². The van der Waals surface area contributed by atoms with E-state index >= 15 is 0 Å². The molecule has 0 radical (unpaired) electrons. The van der Waals surface area contributed by atoms with Crippen LogP contribution in [0.5, 0.6) is 0 Å². The van der Waals surface area contributed by atoms with Gasteiger partial charge in [-0.15, -0.1) is 0 Å². The minimum Gasteiger partial charge on any atom is -0.300 e. The second-order valence-electron chi connectivity index (χ2n) is 7.20. The molecule has 0 aromatic rings. The normalized spacial score (nSPS) is 10.9. The minimum atomic E-state index is -4.87. The predicted octanol–water partition coefficient (Wildman–Crippen LogP) is 4.39. The van der Waals surface area contributed by atoms with E-state index in [0.29, 0.717) is 0 Å². The quantitative estimate of drug-likeness (QED) is 0.268. The van der Waals surface area contributed by atoms with Crippen molar-refractivity contribution >= 4 is 46.3 Å². The third-order valence-corrected chi connectivity index (χ3v) is 2.90. The first-order valence-electron chi connectivity index (χ1n) is 9.73. The Morgan fingerprint density at radius 1 is 0.341 bits per heavy atom. The van der Waals surface area contributed by atoms with Crippen LogP contribution < -0.4 is 0 Å². The van der Waals surface area contributed by atoms with Crippen molar-refractivity contribution in [2.45, 2.75) is 78.1 Å². The molecule has 0 amide bonds. The average Bonchev–Trinajstić information content (AvgIpc) is 2.64. The minimum absolute atomic E-state index is 0. The van der Waals surface area contributed by atoms with Gasteiger partial charge in [-0.25, -0.2) is 0 Å². The van der Waals surface area contributed by atoms with Gasteiger partial charge in [0.25, 0.3) is 0 Å². The van der Waals surface area contributed by atoms with Gasteiger partial charge in [0.05, 0.1) is 25.7 Å². The number of carbonyl (C=O) groups is 8. The third kappa shape index (κ3) is 33.5. The molecule has 0 saturated carbocycles. The topological polar surface area (TPSA) is 137 Å². The van der Waals surface area contributed by atoms with Crippen molar-refractivity contribution in [3.63, 3.8) is 0 Å². The van der Waals surface area contributed by atoms with Gasteiger partial charge >= 0.3 is 24.7 Å². The molecule has 0 aliphatic carbocycles. The van der Waals surface area contributed by atoms with Gasteiger partial charge in [-0.05, 0) is 27.7 Å². The molecule has 0 saturated heterocycles. The van der Waals surface area contributed by atoms with Crippen LogP contribution in [0.25, 0.3) is 0 Å². The van der Waals surface area contributed by atoms with Crippen LogP contribution in [0.1, 0.15) is 53.4 Å². The van der Waals surface area contributed by atoms with E-state index in [1.807, 2.05) is 0 Å². The Balaban J connectivity index is -0.000000139. The van der Waals surface area contributed by atoms with Crippen molar-refractivity contribution in [2.24, 2.45) is 0 Å². The summed E-state index contributed by atoms with van der Waals surface area (Å²) in [6.07, 6.45) is -23.7. The number of ketones is 8.